The minimum atomic E-state index is -1.11. The first kappa shape index (κ1) is 12.7. The molecule has 1 amide bonds. The molecule has 1 fully saturated rings. The Balaban J connectivity index is 2.19. The van der Waals surface area contributed by atoms with Crippen LogP contribution >= 0.6 is 22.6 Å². The van der Waals surface area contributed by atoms with Gasteiger partial charge in [0, 0.05) is 4.43 Å². The summed E-state index contributed by atoms with van der Waals surface area (Å²) in [6.45, 7) is 0. The van der Waals surface area contributed by atoms with Crippen molar-refractivity contribution < 1.29 is 19.7 Å². The highest BCUT2D eigenvalue weighted by atomic mass is 127. The molecule has 1 unspecified atom stereocenters. The lowest BCUT2D eigenvalue weighted by Gasteiger charge is -2.13. The van der Waals surface area contributed by atoms with Crippen molar-refractivity contribution in [2.75, 3.05) is 4.43 Å². The van der Waals surface area contributed by atoms with Gasteiger partial charge in [-0.25, -0.2) is 9.67 Å². The highest BCUT2D eigenvalue weighted by Gasteiger charge is 2.43. The number of nitrogens with two attached hydrogens (primary N) is 1. The number of hydrogen-bond acceptors (Lipinski definition) is 6. The van der Waals surface area contributed by atoms with E-state index in [2.05, 4.69) is 10.1 Å². The first-order valence-electron chi connectivity index (χ1n) is 4.83. The number of primary amides is 1. The molecular weight excluding hydrogens is 343 g/mol. The Kier molecular flexibility index (Phi) is 3.61. The lowest BCUT2D eigenvalue weighted by molar-refractivity contribution is -0.0384. The van der Waals surface area contributed by atoms with Crippen LogP contribution in [0.2, 0.25) is 0 Å². The molecule has 0 bridgehead atoms. The van der Waals surface area contributed by atoms with E-state index in [4.69, 9.17) is 10.5 Å². The quantitative estimate of drug-likeness (QED) is 0.445. The highest BCUT2D eigenvalue weighted by Crippen LogP contribution is 2.29. The fraction of sp³-hybridized carbons (Fsp3) is 0.625. The monoisotopic (exact) mass is 354 g/mol. The van der Waals surface area contributed by atoms with E-state index in [-0.39, 0.29) is 5.82 Å². The van der Waals surface area contributed by atoms with Crippen LogP contribution in [0, 0.1) is 0 Å². The van der Waals surface area contributed by atoms with E-state index in [0.717, 1.165) is 0 Å². The average molecular weight is 354 g/mol. The van der Waals surface area contributed by atoms with Crippen molar-refractivity contribution in [3.05, 3.63) is 12.2 Å². The number of rotatable bonds is 3. The van der Waals surface area contributed by atoms with Crippen LogP contribution in [0.4, 0.5) is 0 Å². The van der Waals surface area contributed by atoms with Gasteiger partial charge in [0.15, 0.2) is 6.23 Å². The second kappa shape index (κ2) is 4.84. The zero-order valence-corrected chi connectivity index (χ0v) is 10.8. The molecular formula is C8H11IN4O4. The van der Waals surface area contributed by atoms with Crippen LogP contribution in [0.15, 0.2) is 6.33 Å². The van der Waals surface area contributed by atoms with Gasteiger partial charge in [-0.1, -0.05) is 22.6 Å². The van der Waals surface area contributed by atoms with Crippen molar-refractivity contribution in [2.45, 2.75) is 24.5 Å². The standard InChI is InChI=1S/C8H11IN4O4/c9-1-3-4(14)5(15)8(17-3)13-2-11-7(12-13)6(10)16/h2-5,8,14-15H,1H2,(H2,10,16)/t3-,4-,5-,8?/m1/s1. The van der Waals surface area contributed by atoms with Crippen LogP contribution in [0.5, 0.6) is 0 Å². The summed E-state index contributed by atoms with van der Waals surface area (Å²) in [5.74, 6) is -0.921. The van der Waals surface area contributed by atoms with Gasteiger partial charge in [-0.15, -0.1) is 5.10 Å². The first-order chi connectivity index (χ1) is 8.04. The molecule has 17 heavy (non-hydrogen) atoms. The molecule has 0 aromatic carbocycles. The SMILES string of the molecule is NC(=O)c1ncn(C2O[C@H](CI)[C@@H](O)[C@H]2O)n1. The molecule has 0 aliphatic carbocycles. The van der Waals surface area contributed by atoms with Gasteiger partial charge in [0.25, 0.3) is 5.91 Å². The number of aliphatic hydroxyl groups excluding tert-OH is 2. The van der Waals surface area contributed by atoms with Crippen LogP contribution in [-0.4, -0.2) is 53.6 Å². The van der Waals surface area contributed by atoms with Gasteiger partial charge in [-0.05, 0) is 0 Å². The number of aliphatic hydroxyl groups is 2. The minimum absolute atomic E-state index is 0.159. The summed E-state index contributed by atoms with van der Waals surface area (Å²) < 4.78 is 7.13. The Morgan fingerprint density at radius 2 is 2.29 bits per heavy atom. The zero-order chi connectivity index (χ0) is 12.6. The molecule has 1 saturated heterocycles. The largest absolute Gasteiger partial charge is 0.387 e. The van der Waals surface area contributed by atoms with Gasteiger partial charge in [-0.2, -0.15) is 0 Å². The second-order valence-electron chi connectivity index (χ2n) is 3.61. The molecule has 8 nitrogen and oxygen atoms in total. The van der Waals surface area contributed by atoms with Crippen molar-refractivity contribution >= 4 is 28.5 Å². The summed E-state index contributed by atoms with van der Waals surface area (Å²) in [6.07, 6.45) is -2.20. The Bertz CT molecular complexity index is 425. The molecule has 1 aliphatic heterocycles. The van der Waals surface area contributed by atoms with E-state index in [0.29, 0.717) is 4.43 Å². The molecule has 1 aromatic rings. The Morgan fingerprint density at radius 1 is 1.59 bits per heavy atom. The Morgan fingerprint density at radius 3 is 2.76 bits per heavy atom. The summed E-state index contributed by atoms with van der Waals surface area (Å²) in [5, 5.41) is 23.2. The molecule has 4 N–H and O–H groups in total. The van der Waals surface area contributed by atoms with Crippen LogP contribution in [0.1, 0.15) is 16.8 Å². The van der Waals surface area contributed by atoms with Gasteiger partial charge in [0.2, 0.25) is 5.82 Å². The number of hydrogen-bond donors (Lipinski definition) is 3. The number of carbonyl (C=O) groups excluding carboxylic acids is 1. The van der Waals surface area contributed by atoms with Gasteiger partial charge in [0.1, 0.15) is 18.5 Å². The van der Waals surface area contributed by atoms with Crippen molar-refractivity contribution in [3.63, 3.8) is 0 Å². The highest BCUT2D eigenvalue weighted by molar-refractivity contribution is 14.1. The van der Waals surface area contributed by atoms with Crippen molar-refractivity contribution in [2.24, 2.45) is 5.73 Å². The minimum Gasteiger partial charge on any atom is -0.387 e. The van der Waals surface area contributed by atoms with Crippen LogP contribution in [0.3, 0.4) is 0 Å². The number of carbonyl (C=O) groups is 1. The van der Waals surface area contributed by atoms with Gasteiger partial charge in [0.05, 0.1) is 6.10 Å². The van der Waals surface area contributed by atoms with Gasteiger partial charge >= 0.3 is 0 Å². The number of alkyl halides is 1. The molecule has 1 aliphatic rings. The molecule has 2 heterocycles. The fourth-order valence-electron chi connectivity index (χ4n) is 1.59. The van der Waals surface area contributed by atoms with Crippen LogP contribution in [-0.2, 0) is 4.74 Å². The number of ether oxygens (including phenoxy) is 1. The van der Waals surface area contributed by atoms with E-state index < -0.39 is 30.4 Å². The zero-order valence-electron chi connectivity index (χ0n) is 8.60. The number of amides is 1. The number of aromatic nitrogens is 3. The fourth-order valence-corrected chi connectivity index (χ4v) is 2.31. The predicted molar refractivity (Wildman–Crippen MR) is 63.4 cm³/mol. The van der Waals surface area contributed by atoms with Crippen LogP contribution in [0.25, 0.3) is 0 Å². The molecule has 0 saturated carbocycles. The summed E-state index contributed by atoms with van der Waals surface area (Å²) in [6, 6.07) is 0. The van der Waals surface area contributed by atoms with Crippen molar-refractivity contribution in [3.8, 4) is 0 Å². The Hall–Kier alpha value is -0.780. The number of nitrogens with zero attached hydrogens (tertiary/aromatic N) is 3. The predicted octanol–water partition coefficient (Wildman–Crippen LogP) is -1.57. The normalized spacial score (nSPS) is 32.9. The van der Waals surface area contributed by atoms with Crippen molar-refractivity contribution in [1.29, 1.82) is 0 Å². The number of halogens is 1. The molecule has 9 heteroatoms. The third-order valence-corrected chi connectivity index (χ3v) is 3.35. The molecule has 94 valence electrons. The summed E-state index contributed by atoms with van der Waals surface area (Å²) in [4.78, 5) is 14.5. The summed E-state index contributed by atoms with van der Waals surface area (Å²) in [5.41, 5.74) is 5.01. The van der Waals surface area contributed by atoms with Crippen LogP contribution < -0.4 is 5.73 Å². The lowest BCUT2D eigenvalue weighted by atomic mass is 10.1. The first-order valence-corrected chi connectivity index (χ1v) is 6.35. The summed E-state index contributed by atoms with van der Waals surface area (Å²) >= 11 is 2.04. The van der Waals surface area contributed by atoms with E-state index in [1.165, 1.54) is 11.0 Å². The second-order valence-corrected chi connectivity index (χ2v) is 4.49. The smallest absolute Gasteiger partial charge is 0.288 e. The molecule has 0 spiro atoms. The third kappa shape index (κ3) is 2.27. The molecule has 1 aromatic heterocycles. The van der Waals surface area contributed by atoms with E-state index in [1.54, 1.807) is 0 Å². The maximum absolute atomic E-state index is 10.8. The van der Waals surface area contributed by atoms with Crippen molar-refractivity contribution in [1.82, 2.24) is 14.8 Å². The molecule has 2 rings (SSSR count). The van der Waals surface area contributed by atoms with E-state index in [9.17, 15) is 15.0 Å². The van der Waals surface area contributed by atoms with Gasteiger partial charge in [-0.3, -0.25) is 4.79 Å². The summed E-state index contributed by atoms with van der Waals surface area (Å²) in [7, 11) is 0. The molecule has 0 radical (unpaired) electrons. The maximum Gasteiger partial charge on any atom is 0.288 e. The molecule has 4 atom stereocenters. The Labute approximate surface area is 110 Å². The third-order valence-electron chi connectivity index (χ3n) is 2.48. The van der Waals surface area contributed by atoms with E-state index >= 15 is 0 Å². The topological polar surface area (TPSA) is 123 Å². The lowest BCUT2D eigenvalue weighted by Crippen LogP contribution is -2.32. The van der Waals surface area contributed by atoms with E-state index in [1.807, 2.05) is 22.6 Å². The van der Waals surface area contributed by atoms with Gasteiger partial charge < -0.3 is 20.7 Å². The average Bonchev–Trinajstić information content (AvgIpc) is 2.87. The maximum atomic E-state index is 10.8.